The maximum Gasteiger partial charge on any atom is 0.237 e. The van der Waals surface area contributed by atoms with Crippen LogP contribution in [0, 0.1) is 0 Å². The molecule has 0 heterocycles. The molecule has 0 aromatic rings. The zero-order valence-corrected chi connectivity index (χ0v) is 11.5. The molecule has 2 unspecified atom stereocenters. The summed E-state index contributed by atoms with van der Waals surface area (Å²) in [6.45, 7) is 8.21. The molecule has 2 atom stereocenters. The molecular weight excluding hydrogens is 220 g/mol. The van der Waals surface area contributed by atoms with E-state index in [0.29, 0.717) is 19.6 Å². The highest BCUT2D eigenvalue weighted by atomic mass is 16.5. The Balaban J connectivity index is 3.96. The number of rotatable bonds is 8. The molecular formula is C12H26N2O3. The van der Waals surface area contributed by atoms with E-state index in [1.807, 2.05) is 13.8 Å². The van der Waals surface area contributed by atoms with Gasteiger partial charge in [-0.1, -0.05) is 0 Å². The van der Waals surface area contributed by atoms with Gasteiger partial charge >= 0.3 is 0 Å². The molecule has 0 rings (SSSR count). The quantitative estimate of drug-likeness (QED) is 0.575. The number of carbonyl (C=O) groups excluding carboxylic acids is 1. The highest BCUT2D eigenvalue weighted by Gasteiger charge is 2.22. The molecule has 0 saturated carbocycles. The summed E-state index contributed by atoms with van der Waals surface area (Å²) < 4.78 is 4.92. The zero-order valence-electron chi connectivity index (χ0n) is 11.5. The minimum atomic E-state index is -0.859. The summed E-state index contributed by atoms with van der Waals surface area (Å²) in [6, 6.07) is -0.188. The Morgan fingerprint density at radius 3 is 2.47 bits per heavy atom. The van der Waals surface area contributed by atoms with Gasteiger partial charge in [0.05, 0.1) is 11.6 Å². The minimum Gasteiger partial charge on any atom is -0.389 e. The molecule has 1 amide bonds. The Morgan fingerprint density at radius 1 is 1.41 bits per heavy atom. The van der Waals surface area contributed by atoms with Crippen LogP contribution in [0.25, 0.3) is 0 Å². The average molecular weight is 246 g/mol. The maximum atomic E-state index is 11.6. The first kappa shape index (κ1) is 16.4. The lowest BCUT2D eigenvalue weighted by molar-refractivity contribution is -0.123. The SMILES string of the molecule is COCCC(C)(O)CNC(C)C(=O)NC(C)C. The summed E-state index contributed by atoms with van der Waals surface area (Å²) in [5, 5.41) is 15.8. The van der Waals surface area contributed by atoms with Crippen LogP contribution in [-0.2, 0) is 9.53 Å². The van der Waals surface area contributed by atoms with Gasteiger partial charge < -0.3 is 20.5 Å². The molecule has 17 heavy (non-hydrogen) atoms. The first-order valence-corrected chi connectivity index (χ1v) is 6.03. The highest BCUT2D eigenvalue weighted by Crippen LogP contribution is 2.07. The van der Waals surface area contributed by atoms with Crippen LogP contribution in [-0.4, -0.2) is 49.0 Å². The first-order chi connectivity index (χ1) is 7.78. The van der Waals surface area contributed by atoms with E-state index < -0.39 is 5.60 Å². The summed E-state index contributed by atoms with van der Waals surface area (Å²) in [5.74, 6) is -0.0532. The van der Waals surface area contributed by atoms with E-state index in [-0.39, 0.29) is 18.0 Å². The Hall–Kier alpha value is -0.650. The van der Waals surface area contributed by atoms with Gasteiger partial charge in [0.2, 0.25) is 5.91 Å². The second-order valence-electron chi connectivity index (χ2n) is 5.01. The fourth-order valence-corrected chi connectivity index (χ4v) is 1.29. The number of hydrogen-bond donors (Lipinski definition) is 3. The third kappa shape index (κ3) is 8.12. The minimum absolute atomic E-state index is 0.0532. The number of carbonyl (C=O) groups is 1. The maximum absolute atomic E-state index is 11.6. The molecule has 0 radical (unpaired) electrons. The van der Waals surface area contributed by atoms with Crippen LogP contribution >= 0.6 is 0 Å². The lowest BCUT2D eigenvalue weighted by Crippen LogP contribution is -2.49. The van der Waals surface area contributed by atoms with E-state index >= 15 is 0 Å². The molecule has 0 saturated heterocycles. The van der Waals surface area contributed by atoms with E-state index in [0.717, 1.165) is 0 Å². The number of aliphatic hydroxyl groups is 1. The van der Waals surface area contributed by atoms with E-state index in [1.165, 1.54) is 0 Å². The molecule has 0 fully saturated rings. The van der Waals surface area contributed by atoms with Crippen molar-refractivity contribution < 1.29 is 14.6 Å². The van der Waals surface area contributed by atoms with Crippen LogP contribution in [0.4, 0.5) is 0 Å². The standard InChI is InChI=1S/C12H26N2O3/c1-9(2)14-11(15)10(3)13-8-12(4,16)6-7-17-5/h9-10,13,16H,6-8H2,1-5H3,(H,14,15). The molecule has 5 nitrogen and oxygen atoms in total. The van der Waals surface area contributed by atoms with Gasteiger partial charge in [0, 0.05) is 32.7 Å². The van der Waals surface area contributed by atoms with Crippen LogP contribution in [0.2, 0.25) is 0 Å². The van der Waals surface area contributed by atoms with Gasteiger partial charge in [0.1, 0.15) is 0 Å². The third-order valence-electron chi connectivity index (χ3n) is 2.46. The van der Waals surface area contributed by atoms with E-state index in [4.69, 9.17) is 4.74 Å². The van der Waals surface area contributed by atoms with Gasteiger partial charge in [0.25, 0.3) is 0 Å². The van der Waals surface area contributed by atoms with Gasteiger partial charge in [-0.3, -0.25) is 4.79 Å². The lowest BCUT2D eigenvalue weighted by atomic mass is 10.0. The molecule has 3 N–H and O–H groups in total. The van der Waals surface area contributed by atoms with Crippen molar-refractivity contribution in [2.24, 2.45) is 0 Å². The van der Waals surface area contributed by atoms with Gasteiger partial charge in [-0.15, -0.1) is 0 Å². The third-order valence-corrected chi connectivity index (χ3v) is 2.46. The Kier molecular flexibility index (Phi) is 7.34. The van der Waals surface area contributed by atoms with Crippen LogP contribution in [0.1, 0.15) is 34.1 Å². The smallest absolute Gasteiger partial charge is 0.237 e. The number of ether oxygens (including phenoxy) is 1. The molecule has 0 aromatic heterocycles. The largest absolute Gasteiger partial charge is 0.389 e. The Labute approximate surface area is 104 Å². The fourth-order valence-electron chi connectivity index (χ4n) is 1.29. The summed E-state index contributed by atoms with van der Waals surface area (Å²) >= 11 is 0. The van der Waals surface area contributed by atoms with Gasteiger partial charge in [-0.05, 0) is 27.7 Å². The number of hydrogen-bond acceptors (Lipinski definition) is 4. The van der Waals surface area contributed by atoms with Crippen molar-refractivity contribution in [3.8, 4) is 0 Å². The van der Waals surface area contributed by atoms with Crippen LogP contribution < -0.4 is 10.6 Å². The molecule has 0 aliphatic rings. The van der Waals surface area contributed by atoms with Crippen LogP contribution in [0.5, 0.6) is 0 Å². The molecule has 0 spiro atoms. The van der Waals surface area contributed by atoms with Gasteiger partial charge in [-0.25, -0.2) is 0 Å². The summed E-state index contributed by atoms with van der Waals surface area (Å²) in [4.78, 5) is 11.6. The average Bonchev–Trinajstić information content (AvgIpc) is 2.22. The lowest BCUT2D eigenvalue weighted by Gasteiger charge is -2.25. The summed E-state index contributed by atoms with van der Waals surface area (Å²) in [6.07, 6.45) is 0.537. The predicted molar refractivity (Wildman–Crippen MR) is 67.9 cm³/mol. The second-order valence-corrected chi connectivity index (χ2v) is 5.01. The van der Waals surface area contributed by atoms with Crippen molar-refractivity contribution in [1.29, 1.82) is 0 Å². The number of methoxy groups -OCH3 is 1. The van der Waals surface area contributed by atoms with Crippen molar-refractivity contribution in [2.45, 2.75) is 51.8 Å². The zero-order chi connectivity index (χ0) is 13.5. The van der Waals surface area contributed by atoms with E-state index in [2.05, 4.69) is 10.6 Å². The van der Waals surface area contributed by atoms with Crippen LogP contribution in [0.15, 0.2) is 0 Å². The topological polar surface area (TPSA) is 70.6 Å². The van der Waals surface area contributed by atoms with Crippen molar-refractivity contribution in [1.82, 2.24) is 10.6 Å². The predicted octanol–water partition coefficient (Wildman–Crippen LogP) is 0.277. The van der Waals surface area contributed by atoms with Crippen LogP contribution in [0.3, 0.4) is 0 Å². The van der Waals surface area contributed by atoms with Crippen molar-refractivity contribution in [3.05, 3.63) is 0 Å². The number of nitrogens with one attached hydrogen (secondary N) is 2. The second kappa shape index (κ2) is 7.63. The number of amides is 1. The molecule has 5 heteroatoms. The molecule has 0 aliphatic heterocycles. The highest BCUT2D eigenvalue weighted by molar-refractivity contribution is 5.81. The molecule has 0 aliphatic carbocycles. The normalized spacial score (nSPS) is 16.6. The Bertz CT molecular complexity index is 230. The fraction of sp³-hybridized carbons (Fsp3) is 0.917. The van der Waals surface area contributed by atoms with Gasteiger partial charge in [-0.2, -0.15) is 0 Å². The molecule has 102 valence electrons. The van der Waals surface area contributed by atoms with Crippen molar-refractivity contribution in [3.63, 3.8) is 0 Å². The molecule has 0 bridgehead atoms. The first-order valence-electron chi connectivity index (χ1n) is 6.03. The monoisotopic (exact) mass is 246 g/mol. The molecule has 0 aromatic carbocycles. The Morgan fingerprint density at radius 2 is 2.00 bits per heavy atom. The van der Waals surface area contributed by atoms with Gasteiger partial charge in [0.15, 0.2) is 0 Å². The van der Waals surface area contributed by atoms with E-state index in [9.17, 15) is 9.90 Å². The summed E-state index contributed by atoms with van der Waals surface area (Å²) in [7, 11) is 1.60. The van der Waals surface area contributed by atoms with Crippen molar-refractivity contribution >= 4 is 5.91 Å². The van der Waals surface area contributed by atoms with Crippen molar-refractivity contribution in [2.75, 3.05) is 20.3 Å². The summed E-state index contributed by atoms with van der Waals surface area (Å²) in [5.41, 5.74) is -0.859. The van der Waals surface area contributed by atoms with E-state index in [1.54, 1.807) is 21.0 Å².